The molecule has 0 amide bonds. The standard InChI is InChI=1S/C26H27N5O6S/c1-28-21-14-20(27-24(21)25(32)29(2)26(28)33)18-4-6-19(7-5-18)38(34,35)31-11-9-30(10-12-31)15-17-3-8-22-23(13-17)37-16-36-22/h3-8,13-14,27H,9-12,15-16H2,1-2H3. The smallest absolute Gasteiger partial charge is 0.331 e. The normalized spacial score (nSPS) is 16.4. The third-order valence-electron chi connectivity index (χ3n) is 7.23. The minimum absolute atomic E-state index is 0.213. The number of H-pyrrole nitrogens is 1. The lowest BCUT2D eigenvalue weighted by atomic mass is 10.1. The Morgan fingerprint density at radius 1 is 0.868 bits per heavy atom. The van der Waals surface area contributed by atoms with Gasteiger partial charge in [0.15, 0.2) is 11.5 Å². The van der Waals surface area contributed by atoms with Gasteiger partial charge in [-0.1, -0.05) is 18.2 Å². The van der Waals surface area contributed by atoms with Crippen molar-refractivity contribution < 1.29 is 17.9 Å². The molecule has 0 bridgehead atoms. The SMILES string of the molecule is Cn1c(=O)c2[nH]c(-c3ccc(S(=O)(=O)N4CCN(Cc5ccc6c(c5)OCO6)CC4)cc3)cc2n(C)c1=O. The summed E-state index contributed by atoms with van der Waals surface area (Å²) in [5.74, 6) is 1.49. The van der Waals surface area contributed by atoms with E-state index in [0.717, 1.165) is 21.6 Å². The molecule has 6 rings (SSSR count). The summed E-state index contributed by atoms with van der Waals surface area (Å²) in [5, 5.41) is 0. The molecule has 38 heavy (non-hydrogen) atoms. The van der Waals surface area contributed by atoms with Crippen molar-refractivity contribution >= 4 is 21.1 Å². The number of nitrogens with one attached hydrogen (secondary N) is 1. The minimum atomic E-state index is -3.65. The van der Waals surface area contributed by atoms with Crippen LogP contribution in [0.4, 0.5) is 0 Å². The molecule has 2 aromatic carbocycles. The lowest BCUT2D eigenvalue weighted by molar-refractivity contribution is 0.173. The number of benzene rings is 2. The first kappa shape index (κ1) is 24.5. The Morgan fingerprint density at radius 2 is 1.58 bits per heavy atom. The molecule has 0 atom stereocenters. The molecule has 0 saturated carbocycles. The predicted molar refractivity (Wildman–Crippen MR) is 141 cm³/mol. The summed E-state index contributed by atoms with van der Waals surface area (Å²) < 4.78 is 41.4. The number of aryl methyl sites for hydroxylation is 1. The van der Waals surface area contributed by atoms with Crippen LogP contribution in [0, 0.1) is 0 Å². The van der Waals surface area contributed by atoms with E-state index < -0.39 is 21.3 Å². The molecule has 0 radical (unpaired) electrons. The zero-order valence-electron chi connectivity index (χ0n) is 21.0. The number of rotatable bonds is 5. The topological polar surface area (TPSA) is 119 Å². The molecule has 1 fully saturated rings. The minimum Gasteiger partial charge on any atom is -0.454 e. The van der Waals surface area contributed by atoms with Crippen molar-refractivity contribution in [3.63, 3.8) is 0 Å². The van der Waals surface area contributed by atoms with Gasteiger partial charge in [-0.05, 0) is 41.5 Å². The lowest BCUT2D eigenvalue weighted by Crippen LogP contribution is -2.48. The van der Waals surface area contributed by atoms with E-state index in [0.29, 0.717) is 55.0 Å². The van der Waals surface area contributed by atoms with Crippen LogP contribution in [0.2, 0.25) is 0 Å². The molecule has 0 unspecified atom stereocenters. The fourth-order valence-electron chi connectivity index (χ4n) is 4.99. The Kier molecular flexibility index (Phi) is 5.89. The van der Waals surface area contributed by atoms with E-state index in [-0.39, 0.29) is 11.7 Å². The van der Waals surface area contributed by atoms with E-state index in [9.17, 15) is 18.0 Å². The number of fused-ring (bicyclic) bond motifs is 2. The van der Waals surface area contributed by atoms with E-state index in [1.165, 1.54) is 15.9 Å². The molecule has 2 aliphatic rings. The van der Waals surface area contributed by atoms with Crippen molar-refractivity contribution in [2.45, 2.75) is 11.4 Å². The van der Waals surface area contributed by atoms with Gasteiger partial charge in [0.1, 0.15) is 5.52 Å². The summed E-state index contributed by atoms with van der Waals surface area (Å²) in [6.45, 7) is 2.97. The summed E-state index contributed by atoms with van der Waals surface area (Å²) in [6, 6.07) is 14.2. The molecule has 4 heterocycles. The molecule has 2 aliphatic heterocycles. The monoisotopic (exact) mass is 537 g/mol. The first-order valence-electron chi connectivity index (χ1n) is 12.2. The fourth-order valence-corrected chi connectivity index (χ4v) is 6.41. The van der Waals surface area contributed by atoms with Crippen LogP contribution in [0.1, 0.15) is 5.56 Å². The second-order valence-corrected chi connectivity index (χ2v) is 11.5. The van der Waals surface area contributed by atoms with Crippen LogP contribution >= 0.6 is 0 Å². The third kappa shape index (κ3) is 4.10. The summed E-state index contributed by atoms with van der Waals surface area (Å²) in [7, 11) is -0.618. The predicted octanol–water partition coefficient (Wildman–Crippen LogP) is 1.47. The zero-order valence-corrected chi connectivity index (χ0v) is 21.8. The average Bonchev–Trinajstić information content (AvgIpc) is 3.59. The van der Waals surface area contributed by atoms with Crippen LogP contribution in [0.3, 0.4) is 0 Å². The molecular weight excluding hydrogens is 510 g/mol. The van der Waals surface area contributed by atoms with E-state index in [1.54, 1.807) is 37.4 Å². The lowest BCUT2D eigenvalue weighted by Gasteiger charge is -2.34. The summed E-state index contributed by atoms with van der Waals surface area (Å²) in [5.41, 5.74) is 2.42. The van der Waals surface area contributed by atoms with Gasteiger partial charge in [-0.3, -0.25) is 18.8 Å². The van der Waals surface area contributed by atoms with Gasteiger partial charge in [-0.15, -0.1) is 0 Å². The van der Waals surface area contributed by atoms with Gasteiger partial charge in [0.25, 0.3) is 5.56 Å². The van der Waals surface area contributed by atoms with Crippen molar-refractivity contribution in [1.82, 2.24) is 23.3 Å². The molecule has 2 aromatic heterocycles. The van der Waals surface area contributed by atoms with Gasteiger partial charge < -0.3 is 14.5 Å². The van der Waals surface area contributed by atoms with Crippen LogP contribution in [0.5, 0.6) is 11.5 Å². The Hall–Kier alpha value is -3.87. The molecular formula is C26H27N5O6S. The maximum atomic E-state index is 13.3. The molecule has 11 nitrogen and oxygen atoms in total. The molecule has 4 aromatic rings. The Balaban J connectivity index is 1.16. The van der Waals surface area contributed by atoms with Gasteiger partial charge in [0.2, 0.25) is 16.8 Å². The Morgan fingerprint density at radius 3 is 2.32 bits per heavy atom. The van der Waals surface area contributed by atoms with Crippen molar-refractivity contribution in [3.8, 4) is 22.8 Å². The maximum Gasteiger partial charge on any atom is 0.331 e. The first-order chi connectivity index (χ1) is 18.2. The third-order valence-corrected chi connectivity index (χ3v) is 9.14. The highest BCUT2D eigenvalue weighted by atomic mass is 32.2. The number of aromatic nitrogens is 3. The highest BCUT2D eigenvalue weighted by Gasteiger charge is 2.29. The van der Waals surface area contributed by atoms with E-state index in [1.807, 2.05) is 18.2 Å². The van der Waals surface area contributed by atoms with Gasteiger partial charge in [-0.2, -0.15) is 4.31 Å². The molecule has 12 heteroatoms. The molecule has 0 spiro atoms. The van der Waals surface area contributed by atoms with Crippen LogP contribution in [0.15, 0.2) is 63.0 Å². The number of aromatic amines is 1. The number of piperazine rings is 1. The van der Waals surface area contributed by atoms with Crippen molar-refractivity contribution in [2.24, 2.45) is 14.1 Å². The second kappa shape index (κ2) is 9.15. The number of hydrogen-bond donors (Lipinski definition) is 1. The summed E-state index contributed by atoms with van der Waals surface area (Å²) >= 11 is 0. The van der Waals surface area contributed by atoms with Gasteiger partial charge >= 0.3 is 5.69 Å². The number of sulfonamides is 1. The maximum absolute atomic E-state index is 13.3. The number of ether oxygens (including phenoxy) is 2. The second-order valence-electron chi connectivity index (χ2n) is 9.54. The Labute approximate surface area is 218 Å². The van der Waals surface area contributed by atoms with Crippen molar-refractivity contribution in [2.75, 3.05) is 33.0 Å². The largest absolute Gasteiger partial charge is 0.454 e. The Bertz CT molecular complexity index is 1760. The number of hydrogen-bond acceptors (Lipinski definition) is 7. The molecule has 198 valence electrons. The van der Waals surface area contributed by atoms with Crippen LogP contribution in [-0.2, 0) is 30.7 Å². The van der Waals surface area contributed by atoms with Crippen LogP contribution in [-0.4, -0.2) is 64.7 Å². The fraction of sp³-hybridized carbons (Fsp3) is 0.308. The number of nitrogens with zero attached hydrogens (tertiary/aromatic N) is 4. The molecule has 1 N–H and O–H groups in total. The van der Waals surface area contributed by atoms with Gasteiger partial charge in [-0.25, -0.2) is 13.2 Å². The highest BCUT2D eigenvalue weighted by Crippen LogP contribution is 2.33. The van der Waals surface area contributed by atoms with E-state index in [4.69, 9.17) is 9.47 Å². The van der Waals surface area contributed by atoms with Crippen molar-refractivity contribution in [1.29, 1.82) is 0 Å². The van der Waals surface area contributed by atoms with E-state index in [2.05, 4.69) is 9.88 Å². The zero-order chi connectivity index (χ0) is 26.6. The van der Waals surface area contributed by atoms with Gasteiger partial charge in [0, 0.05) is 52.5 Å². The average molecular weight is 538 g/mol. The van der Waals surface area contributed by atoms with Gasteiger partial charge in [0.05, 0.1) is 10.4 Å². The molecule has 1 saturated heterocycles. The first-order valence-corrected chi connectivity index (χ1v) is 13.7. The summed E-state index contributed by atoms with van der Waals surface area (Å²) in [6.07, 6.45) is 0. The summed E-state index contributed by atoms with van der Waals surface area (Å²) in [4.78, 5) is 30.2. The molecule has 0 aliphatic carbocycles. The van der Waals surface area contributed by atoms with Crippen LogP contribution < -0.4 is 20.7 Å². The van der Waals surface area contributed by atoms with Crippen molar-refractivity contribution in [3.05, 3.63) is 74.9 Å². The van der Waals surface area contributed by atoms with E-state index >= 15 is 0 Å². The quantitative estimate of drug-likeness (QED) is 0.410. The highest BCUT2D eigenvalue weighted by molar-refractivity contribution is 7.89. The van der Waals surface area contributed by atoms with Crippen LogP contribution in [0.25, 0.3) is 22.3 Å².